The zero-order valence-electron chi connectivity index (χ0n) is 14.0. The molecule has 0 unspecified atom stereocenters. The Morgan fingerprint density at radius 2 is 2.08 bits per heavy atom. The van der Waals surface area contributed by atoms with Crippen molar-refractivity contribution in [2.75, 3.05) is 13.2 Å². The van der Waals surface area contributed by atoms with E-state index in [9.17, 15) is 9.90 Å². The number of aryl methyl sites for hydroxylation is 1. The number of benzene rings is 2. The summed E-state index contributed by atoms with van der Waals surface area (Å²) < 4.78 is 10.7. The van der Waals surface area contributed by atoms with Crippen molar-refractivity contribution in [1.29, 1.82) is 0 Å². The zero-order chi connectivity index (χ0) is 18.2. The van der Waals surface area contributed by atoms with Crippen LogP contribution >= 0.6 is 11.6 Å². The number of carbonyl (C=O) groups excluding carboxylic acids is 1. The molecule has 25 heavy (non-hydrogen) atoms. The Bertz CT molecular complexity index is 778. The van der Waals surface area contributed by atoms with E-state index < -0.39 is 5.91 Å². The fourth-order valence-electron chi connectivity index (χ4n) is 1.95. The SMILES string of the molecule is CCOc1cc(/C=N/NC(=O)COc2ccc(Cl)c(C)c2)ccc1O. The molecule has 0 radical (unpaired) electrons. The van der Waals surface area contributed by atoms with Crippen LogP contribution in [0.2, 0.25) is 5.02 Å². The maximum atomic E-state index is 11.7. The second-order valence-electron chi connectivity index (χ2n) is 5.15. The largest absolute Gasteiger partial charge is 0.504 e. The van der Waals surface area contributed by atoms with Crippen molar-refractivity contribution in [3.8, 4) is 17.2 Å². The summed E-state index contributed by atoms with van der Waals surface area (Å²) in [6, 6.07) is 9.94. The minimum atomic E-state index is -0.396. The molecule has 1 amide bonds. The summed E-state index contributed by atoms with van der Waals surface area (Å²) in [6.07, 6.45) is 1.45. The number of carbonyl (C=O) groups is 1. The number of rotatable bonds is 7. The van der Waals surface area contributed by atoms with Crippen LogP contribution < -0.4 is 14.9 Å². The van der Waals surface area contributed by atoms with Crippen LogP contribution in [0.1, 0.15) is 18.1 Å². The lowest BCUT2D eigenvalue weighted by Crippen LogP contribution is -2.24. The van der Waals surface area contributed by atoms with Gasteiger partial charge in [-0.15, -0.1) is 0 Å². The monoisotopic (exact) mass is 362 g/mol. The van der Waals surface area contributed by atoms with E-state index in [0.717, 1.165) is 5.56 Å². The van der Waals surface area contributed by atoms with Crippen molar-refractivity contribution in [3.63, 3.8) is 0 Å². The summed E-state index contributed by atoms with van der Waals surface area (Å²) in [7, 11) is 0. The molecule has 0 atom stereocenters. The maximum Gasteiger partial charge on any atom is 0.277 e. The van der Waals surface area contributed by atoms with Gasteiger partial charge in [-0.2, -0.15) is 5.10 Å². The van der Waals surface area contributed by atoms with E-state index >= 15 is 0 Å². The molecule has 2 aromatic carbocycles. The number of nitrogens with zero attached hydrogens (tertiary/aromatic N) is 1. The van der Waals surface area contributed by atoms with Gasteiger partial charge in [-0.3, -0.25) is 4.79 Å². The molecule has 2 rings (SSSR count). The molecule has 2 N–H and O–H groups in total. The Kier molecular flexibility index (Phi) is 6.65. The fourth-order valence-corrected chi connectivity index (χ4v) is 2.07. The van der Waals surface area contributed by atoms with Gasteiger partial charge in [0.05, 0.1) is 12.8 Å². The van der Waals surface area contributed by atoms with Gasteiger partial charge >= 0.3 is 0 Å². The molecule has 0 spiro atoms. The molecule has 132 valence electrons. The van der Waals surface area contributed by atoms with Crippen molar-refractivity contribution in [1.82, 2.24) is 5.43 Å². The third-order valence-electron chi connectivity index (χ3n) is 3.19. The molecule has 7 heteroatoms. The second-order valence-corrected chi connectivity index (χ2v) is 5.56. The van der Waals surface area contributed by atoms with E-state index in [0.29, 0.717) is 28.7 Å². The second kappa shape index (κ2) is 8.94. The van der Waals surface area contributed by atoms with Gasteiger partial charge in [0.1, 0.15) is 5.75 Å². The third kappa shape index (κ3) is 5.69. The summed E-state index contributed by atoms with van der Waals surface area (Å²) in [4.78, 5) is 11.7. The molecule has 6 nitrogen and oxygen atoms in total. The molecule has 0 aromatic heterocycles. The maximum absolute atomic E-state index is 11.7. The minimum absolute atomic E-state index is 0.0506. The number of hydrogen-bond acceptors (Lipinski definition) is 5. The zero-order valence-corrected chi connectivity index (χ0v) is 14.7. The molecule has 0 bridgehead atoms. The smallest absolute Gasteiger partial charge is 0.277 e. The molecule has 0 aliphatic carbocycles. The summed E-state index contributed by atoms with van der Waals surface area (Å²) in [5, 5.41) is 14.1. The van der Waals surface area contributed by atoms with Crippen molar-refractivity contribution in [3.05, 3.63) is 52.5 Å². The van der Waals surface area contributed by atoms with Crippen molar-refractivity contribution >= 4 is 23.7 Å². The molecular weight excluding hydrogens is 344 g/mol. The Hall–Kier alpha value is -2.73. The summed E-state index contributed by atoms with van der Waals surface area (Å²) in [5.41, 5.74) is 3.92. The third-order valence-corrected chi connectivity index (χ3v) is 3.61. The molecule has 0 saturated carbocycles. The first-order valence-electron chi connectivity index (χ1n) is 7.66. The van der Waals surface area contributed by atoms with Crippen LogP contribution in [0.5, 0.6) is 17.2 Å². The molecule has 0 aliphatic rings. The number of hydrogen-bond donors (Lipinski definition) is 2. The highest BCUT2D eigenvalue weighted by Crippen LogP contribution is 2.26. The molecule has 0 heterocycles. The van der Waals surface area contributed by atoms with Gasteiger partial charge < -0.3 is 14.6 Å². The molecule has 0 fully saturated rings. The van der Waals surface area contributed by atoms with E-state index in [1.54, 1.807) is 30.3 Å². The number of nitrogens with one attached hydrogen (secondary N) is 1. The molecular formula is C18H19ClN2O4. The summed E-state index contributed by atoms with van der Waals surface area (Å²) in [5.74, 6) is 0.572. The van der Waals surface area contributed by atoms with E-state index in [4.69, 9.17) is 21.1 Å². The van der Waals surface area contributed by atoms with Crippen LogP contribution in [0.15, 0.2) is 41.5 Å². The lowest BCUT2D eigenvalue weighted by atomic mass is 10.2. The Morgan fingerprint density at radius 1 is 1.28 bits per heavy atom. The van der Waals surface area contributed by atoms with E-state index in [2.05, 4.69) is 10.5 Å². The predicted octanol–water partition coefficient (Wildman–Crippen LogP) is 3.28. The van der Waals surface area contributed by atoms with E-state index in [1.165, 1.54) is 12.3 Å². The highest BCUT2D eigenvalue weighted by molar-refractivity contribution is 6.31. The van der Waals surface area contributed by atoms with Gasteiger partial charge in [-0.25, -0.2) is 5.43 Å². The Morgan fingerprint density at radius 3 is 2.80 bits per heavy atom. The highest BCUT2D eigenvalue weighted by Gasteiger charge is 2.04. The predicted molar refractivity (Wildman–Crippen MR) is 96.7 cm³/mol. The number of amides is 1. The molecule has 0 aliphatic heterocycles. The van der Waals surface area contributed by atoms with E-state index in [1.807, 2.05) is 13.8 Å². The van der Waals surface area contributed by atoms with Gasteiger partial charge in [0.15, 0.2) is 18.1 Å². The number of phenolic OH excluding ortho intramolecular Hbond substituents is 1. The Balaban J connectivity index is 1.85. The quantitative estimate of drug-likeness (QED) is 0.585. The summed E-state index contributed by atoms with van der Waals surface area (Å²) in [6.45, 7) is 3.95. The number of ether oxygens (including phenoxy) is 2. The first-order chi connectivity index (χ1) is 12.0. The minimum Gasteiger partial charge on any atom is -0.504 e. The molecule has 2 aromatic rings. The first kappa shape index (κ1) is 18.6. The lowest BCUT2D eigenvalue weighted by molar-refractivity contribution is -0.123. The van der Waals surface area contributed by atoms with Crippen LogP contribution in [0.3, 0.4) is 0 Å². The van der Waals surface area contributed by atoms with Crippen molar-refractivity contribution in [2.24, 2.45) is 5.10 Å². The van der Waals surface area contributed by atoms with Crippen LogP contribution in [-0.2, 0) is 4.79 Å². The van der Waals surface area contributed by atoms with Crippen LogP contribution in [0, 0.1) is 6.92 Å². The van der Waals surface area contributed by atoms with Gasteiger partial charge in [-0.1, -0.05) is 11.6 Å². The lowest BCUT2D eigenvalue weighted by Gasteiger charge is -2.07. The van der Waals surface area contributed by atoms with Gasteiger partial charge in [0.25, 0.3) is 5.91 Å². The fraction of sp³-hybridized carbons (Fsp3) is 0.222. The number of phenols is 1. The average molecular weight is 363 g/mol. The van der Waals surface area contributed by atoms with Crippen molar-refractivity contribution < 1.29 is 19.4 Å². The standard InChI is InChI=1S/C18H19ClN2O4/c1-3-24-17-9-13(4-7-16(17)22)10-20-21-18(23)11-25-14-5-6-15(19)12(2)8-14/h4-10,22H,3,11H2,1-2H3,(H,21,23)/b20-10+. The summed E-state index contributed by atoms with van der Waals surface area (Å²) >= 11 is 5.93. The first-order valence-corrected chi connectivity index (χ1v) is 8.04. The van der Waals surface area contributed by atoms with Crippen LogP contribution in [0.4, 0.5) is 0 Å². The highest BCUT2D eigenvalue weighted by atomic mass is 35.5. The van der Waals surface area contributed by atoms with Crippen molar-refractivity contribution in [2.45, 2.75) is 13.8 Å². The molecule has 0 saturated heterocycles. The topological polar surface area (TPSA) is 80.2 Å². The van der Waals surface area contributed by atoms with Gasteiger partial charge in [-0.05, 0) is 61.4 Å². The Labute approximate surface area is 151 Å². The number of hydrazone groups is 1. The normalized spacial score (nSPS) is 10.7. The number of aromatic hydroxyl groups is 1. The number of halogens is 1. The van der Waals surface area contributed by atoms with Crippen LogP contribution in [0.25, 0.3) is 0 Å². The van der Waals surface area contributed by atoms with Gasteiger partial charge in [0.2, 0.25) is 0 Å². The van der Waals surface area contributed by atoms with Crippen LogP contribution in [-0.4, -0.2) is 30.4 Å². The van der Waals surface area contributed by atoms with E-state index in [-0.39, 0.29) is 12.4 Å². The average Bonchev–Trinajstić information content (AvgIpc) is 2.59. The van der Waals surface area contributed by atoms with Gasteiger partial charge in [0, 0.05) is 5.02 Å².